The summed E-state index contributed by atoms with van der Waals surface area (Å²) in [6.07, 6.45) is 0.0716. The highest BCUT2D eigenvalue weighted by Crippen LogP contribution is 2.30. The molecule has 0 aliphatic heterocycles. The van der Waals surface area contributed by atoms with Crippen LogP contribution in [-0.2, 0) is 11.3 Å². The largest absolute Gasteiger partial charge is 0.466 e. The Kier molecular flexibility index (Phi) is 6.01. The zero-order chi connectivity index (χ0) is 15.2. The lowest BCUT2D eigenvalue weighted by molar-refractivity contribution is -0.120. The van der Waals surface area contributed by atoms with Crippen molar-refractivity contribution in [2.75, 3.05) is 0 Å². The van der Waals surface area contributed by atoms with Gasteiger partial charge in [-0.25, -0.2) is 0 Å². The molecular formula is C13H17N3O2S3. The van der Waals surface area contributed by atoms with E-state index in [4.69, 9.17) is 4.74 Å². The molecule has 114 valence electrons. The maximum absolute atomic E-state index is 12.0. The van der Waals surface area contributed by atoms with Gasteiger partial charge in [-0.1, -0.05) is 22.9 Å². The first-order valence-corrected chi connectivity index (χ1v) is 9.09. The number of aromatic nitrogens is 2. The maximum atomic E-state index is 12.0. The normalized spacial score (nSPS) is 12.4. The summed E-state index contributed by atoms with van der Waals surface area (Å²) in [5.41, 5.74) is 0. The summed E-state index contributed by atoms with van der Waals surface area (Å²) < 4.78 is 6.21. The Morgan fingerprint density at radius 2 is 2.24 bits per heavy atom. The van der Waals surface area contributed by atoms with Gasteiger partial charge in [0.15, 0.2) is 4.34 Å². The number of ether oxygens (including phenoxy) is 1. The van der Waals surface area contributed by atoms with Gasteiger partial charge in [-0.2, -0.15) is 0 Å². The number of nitrogens with zero attached hydrogens (tertiary/aromatic N) is 2. The molecule has 1 amide bonds. The summed E-state index contributed by atoms with van der Waals surface area (Å²) >= 11 is 4.39. The third kappa shape index (κ3) is 5.29. The second kappa shape index (κ2) is 7.77. The molecule has 0 fully saturated rings. The van der Waals surface area contributed by atoms with Crippen LogP contribution in [0.2, 0.25) is 0 Å². The summed E-state index contributed by atoms with van der Waals surface area (Å²) in [5.74, 6) is -0.00470. The lowest BCUT2D eigenvalue weighted by Crippen LogP contribution is -2.30. The Labute approximate surface area is 136 Å². The van der Waals surface area contributed by atoms with Crippen molar-refractivity contribution in [3.05, 3.63) is 22.4 Å². The van der Waals surface area contributed by atoms with Crippen LogP contribution in [0, 0.1) is 0 Å². The third-order valence-electron chi connectivity index (χ3n) is 2.39. The summed E-state index contributed by atoms with van der Waals surface area (Å²) in [7, 11) is 0. The van der Waals surface area contributed by atoms with E-state index in [-0.39, 0.29) is 17.3 Å². The van der Waals surface area contributed by atoms with Crippen molar-refractivity contribution in [3.63, 3.8) is 0 Å². The van der Waals surface area contributed by atoms with Crippen LogP contribution >= 0.6 is 34.4 Å². The molecule has 0 aliphatic rings. The van der Waals surface area contributed by atoms with Gasteiger partial charge in [0.2, 0.25) is 5.91 Å². The van der Waals surface area contributed by atoms with E-state index in [2.05, 4.69) is 15.5 Å². The number of thiophene rings is 1. The summed E-state index contributed by atoms with van der Waals surface area (Å²) in [5, 5.41) is 13.2. The number of hydrogen-bond donors (Lipinski definition) is 1. The average molecular weight is 343 g/mol. The van der Waals surface area contributed by atoms with Crippen LogP contribution < -0.4 is 10.1 Å². The molecule has 2 aromatic heterocycles. The van der Waals surface area contributed by atoms with Crippen molar-refractivity contribution in [2.24, 2.45) is 0 Å². The van der Waals surface area contributed by atoms with Crippen molar-refractivity contribution < 1.29 is 9.53 Å². The fourth-order valence-corrected chi connectivity index (χ4v) is 4.05. The third-order valence-corrected chi connectivity index (χ3v) is 5.26. The molecule has 0 saturated carbocycles. The second-order valence-electron chi connectivity index (χ2n) is 4.56. The van der Waals surface area contributed by atoms with E-state index in [9.17, 15) is 4.79 Å². The predicted molar refractivity (Wildman–Crippen MR) is 87.2 cm³/mol. The monoisotopic (exact) mass is 343 g/mol. The Bertz CT molecular complexity index is 569. The maximum Gasteiger partial charge on any atom is 0.295 e. The highest BCUT2D eigenvalue weighted by molar-refractivity contribution is 8.02. The van der Waals surface area contributed by atoms with Crippen molar-refractivity contribution in [1.29, 1.82) is 0 Å². The minimum absolute atomic E-state index is 0.00470. The molecule has 1 atom stereocenters. The van der Waals surface area contributed by atoms with Crippen molar-refractivity contribution in [2.45, 2.75) is 43.0 Å². The van der Waals surface area contributed by atoms with Crippen LogP contribution in [0.15, 0.2) is 21.9 Å². The number of hydrogen-bond acceptors (Lipinski definition) is 7. The lowest BCUT2D eigenvalue weighted by atomic mass is 10.4. The number of rotatable bonds is 7. The van der Waals surface area contributed by atoms with Crippen molar-refractivity contribution >= 4 is 40.3 Å². The van der Waals surface area contributed by atoms with Crippen LogP contribution in [0.4, 0.5) is 0 Å². The van der Waals surface area contributed by atoms with Gasteiger partial charge in [-0.15, -0.1) is 16.4 Å². The summed E-state index contributed by atoms with van der Waals surface area (Å²) in [6.45, 7) is 6.31. The van der Waals surface area contributed by atoms with Crippen molar-refractivity contribution in [3.8, 4) is 5.19 Å². The van der Waals surface area contributed by atoms with Crippen LogP contribution in [0.5, 0.6) is 5.19 Å². The molecule has 0 aromatic carbocycles. The van der Waals surface area contributed by atoms with Gasteiger partial charge in [-0.3, -0.25) is 4.79 Å². The van der Waals surface area contributed by atoms with E-state index in [1.165, 1.54) is 23.1 Å². The van der Waals surface area contributed by atoms with Crippen LogP contribution in [-0.4, -0.2) is 27.5 Å². The van der Waals surface area contributed by atoms with E-state index in [1.807, 2.05) is 38.3 Å². The Morgan fingerprint density at radius 1 is 1.43 bits per heavy atom. The molecule has 0 spiro atoms. The molecule has 1 unspecified atom stereocenters. The fraction of sp³-hybridized carbons (Fsp3) is 0.462. The molecule has 2 aromatic rings. The zero-order valence-corrected chi connectivity index (χ0v) is 14.5. The SMILES string of the molecule is CC(C)Oc1nnc(SC(C)C(=O)NCc2cccs2)s1. The van der Waals surface area contributed by atoms with Crippen LogP contribution in [0.3, 0.4) is 0 Å². The molecule has 1 N–H and O–H groups in total. The molecule has 0 aliphatic carbocycles. The summed E-state index contributed by atoms with van der Waals surface area (Å²) in [4.78, 5) is 13.2. The molecule has 8 heteroatoms. The number of nitrogens with one attached hydrogen (secondary N) is 1. The molecule has 21 heavy (non-hydrogen) atoms. The predicted octanol–water partition coefficient (Wildman–Crippen LogP) is 3.18. The molecule has 0 bridgehead atoms. The van der Waals surface area contributed by atoms with Gasteiger partial charge in [0.1, 0.15) is 0 Å². The van der Waals surface area contributed by atoms with E-state index in [1.54, 1.807) is 11.3 Å². The smallest absolute Gasteiger partial charge is 0.295 e. The minimum Gasteiger partial charge on any atom is -0.466 e. The zero-order valence-electron chi connectivity index (χ0n) is 12.0. The van der Waals surface area contributed by atoms with Gasteiger partial charge < -0.3 is 10.1 Å². The van der Waals surface area contributed by atoms with Crippen LogP contribution in [0.1, 0.15) is 25.6 Å². The first kappa shape index (κ1) is 16.3. The van der Waals surface area contributed by atoms with Gasteiger partial charge >= 0.3 is 0 Å². The Hall–Kier alpha value is -1.12. The Morgan fingerprint density at radius 3 is 2.90 bits per heavy atom. The van der Waals surface area contributed by atoms with E-state index < -0.39 is 0 Å². The van der Waals surface area contributed by atoms with E-state index in [0.29, 0.717) is 11.7 Å². The average Bonchev–Trinajstić information content (AvgIpc) is 3.07. The molecule has 0 radical (unpaired) electrons. The first-order valence-electron chi connectivity index (χ1n) is 6.51. The topological polar surface area (TPSA) is 64.1 Å². The Balaban J connectivity index is 1.81. The van der Waals surface area contributed by atoms with Crippen LogP contribution in [0.25, 0.3) is 0 Å². The minimum atomic E-state index is -0.218. The molecule has 2 rings (SSSR count). The quantitative estimate of drug-likeness (QED) is 0.782. The van der Waals surface area contributed by atoms with Gasteiger partial charge in [0.05, 0.1) is 17.9 Å². The van der Waals surface area contributed by atoms with Crippen molar-refractivity contribution in [1.82, 2.24) is 15.5 Å². The van der Waals surface area contributed by atoms with E-state index in [0.717, 1.165) is 9.22 Å². The first-order chi connectivity index (χ1) is 10.0. The van der Waals surface area contributed by atoms with Gasteiger partial charge in [0, 0.05) is 4.88 Å². The number of thioether (sulfide) groups is 1. The molecule has 5 nitrogen and oxygen atoms in total. The van der Waals surface area contributed by atoms with Gasteiger partial charge in [0.25, 0.3) is 5.19 Å². The summed E-state index contributed by atoms with van der Waals surface area (Å²) in [6, 6.07) is 3.98. The molecular weight excluding hydrogens is 326 g/mol. The standard InChI is InChI=1S/C13H17N3O2S3/c1-8(2)18-12-15-16-13(21-12)20-9(3)11(17)14-7-10-5-4-6-19-10/h4-6,8-9H,7H2,1-3H3,(H,14,17). The number of amides is 1. The van der Waals surface area contributed by atoms with Gasteiger partial charge in [-0.05, 0) is 43.6 Å². The highest BCUT2D eigenvalue weighted by atomic mass is 32.2. The second-order valence-corrected chi connectivity index (χ2v) is 8.12. The number of carbonyl (C=O) groups excluding carboxylic acids is 1. The fourth-order valence-electron chi connectivity index (χ4n) is 1.43. The lowest BCUT2D eigenvalue weighted by Gasteiger charge is -2.09. The van der Waals surface area contributed by atoms with E-state index >= 15 is 0 Å². The molecule has 2 heterocycles. The molecule has 0 saturated heterocycles. The highest BCUT2D eigenvalue weighted by Gasteiger charge is 2.17. The number of carbonyl (C=O) groups is 1.